The molecule has 0 bridgehead atoms. The fourth-order valence-corrected chi connectivity index (χ4v) is 2.85. The number of nitrogens with zero attached hydrogens (tertiary/aromatic N) is 2. The summed E-state index contributed by atoms with van der Waals surface area (Å²) in [5.41, 5.74) is 7.69. The van der Waals surface area contributed by atoms with Crippen molar-refractivity contribution >= 4 is 5.91 Å². The molecule has 0 spiro atoms. The first-order valence-electron chi connectivity index (χ1n) is 7.76. The number of benzene rings is 1. The molecule has 1 aromatic rings. The van der Waals surface area contributed by atoms with E-state index in [9.17, 15) is 4.79 Å². The molecule has 0 aromatic heterocycles. The SMILES string of the molecule is CC(C)(C)N1CCN(C(=O)c2ccccc2CCN)CC1. The van der Waals surface area contributed by atoms with Gasteiger partial charge in [-0.05, 0) is 45.4 Å². The standard InChI is InChI=1S/C17H27N3O/c1-17(2,3)20-12-10-19(11-13-20)16(21)15-7-5-4-6-14(15)8-9-18/h4-7H,8-13,18H2,1-3H3. The number of carbonyl (C=O) groups is 1. The van der Waals surface area contributed by atoms with Crippen LogP contribution < -0.4 is 5.73 Å². The summed E-state index contributed by atoms with van der Waals surface area (Å²) in [6.07, 6.45) is 0.754. The lowest BCUT2D eigenvalue weighted by atomic mass is 10.0. The second-order valence-corrected chi connectivity index (χ2v) is 6.65. The molecule has 0 atom stereocenters. The molecule has 2 N–H and O–H groups in total. The minimum absolute atomic E-state index is 0.146. The molecule has 0 saturated carbocycles. The number of nitrogens with two attached hydrogens (primary N) is 1. The Morgan fingerprint density at radius 2 is 1.76 bits per heavy atom. The second kappa shape index (κ2) is 6.58. The first kappa shape index (κ1) is 16.0. The zero-order valence-electron chi connectivity index (χ0n) is 13.4. The fraction of sp³-hybridized carbons (Fsp3) is 0.588. The molecule has 1 heterocycles. The minimum Gasteiger partial charge on any atom is -0.336 e. The van der Waals surface area contributed by atoms with Gasteiger partial charge >= 0.3 is 0 Å². The minimum atomic E-state index is 0.146. The fourth-order valence-electron chi connectivity index (χ4n) is 2.85. The van der Waals surface area contributed by atoms with E-state index < -0.39 is 0 Å². The van der Waals surface area contributed by atoms with Gasteiger partial charge in [-0.2, -0.15) is 0 Å². The molecule has 1 aromatic carbocycles. The summed E-state index contributed by atoms with van der Waals surface area (Å²) in [5.74, 6) is 0.146. The van der Waals surface area contributed by atoms with E-state index in [0.717, 1.165) is 43.7 Å². The molecule has 1 aliphatic heterocycles. The van der Waals surface area contributed by atoms with E-state index in [1.165, 1.54) is 0 Å². The van der Waals surface area contributed by atoms with Crippen LogP contribution in [-0.2, 0) is 6.42 Å². The maximum Gasteiger partial charge on any atom is 0.254 e. The maximum atomic E-state index is 12.7. The topological polar surface area (TPSA) is 49.6 Å². The molecule has 1 aliphatic rings. The lowest BCUT2D eigenvalue weighted by Gasteiger charge is -2.42. The van der Waals surface area contributed by atoms with Gasteiger partial charge in [0.2, 0.25) is 0 Å². The molecule has 1 amide bonds. The van der Waals surface area contributed by atoms with Crippen molar-refractivity contribution in [1.29, 1.82) is 0 Å². The molecule has 0 unspecified atom stereocenters. The van der Waals surface area contributed by atoms with E-state index in [1.807, 2.05) is 29.2 Å². The molecule has 4 heteroatoms. The zero-order chi connectivity index (χ0) is 15.5. The van der Waals surface area contributed by atoms with Crippen molar-refractivity contribution in [3.05, 3.63) is 35.4 Å². The van der Waals surface area contributed by atoms with Gasteiger partial charge in [-0.25, -0.2) is 0 Å². The molecule has 2 rings (SSSR count). The highest BCUT2D eigenvalue weighted by Crippen LogP contribution is 2.18. The predicted octanol–water partition coefficient (Wildman–Crippen LogP) is 1.74. The summed E-state index contributed by atoms with van der Waals surface area (Å²) >= 11 is 0. The number of carbonyl (C=O) groups excluding carboxylic acids is 1. The largest absolute Gasteiger partial charge is 0.336 e. The van der Waals surface area contributed by atoms with Crippen molar-refractivity contribution in [1.82, 2.24) is 9.80 Å². The molecule has 1 saturated heterocycles. The van der Waals surface area contributed by atoms with Crippen molar-refractivity contribution < 1.29 is 4.79 Å². The third kappa shape index (κ3) is 3.83. The van der Waals surface area contributed by atoms with Crippen LogP contribution in [0.15, 0.2) is 24.3 Å². The van der Waals surface area contributed by atoms with E-state index in [-0.39, 0.29) is 11.4 Å². The quantitative estimate of drug-likeness (QED) is 0.922. The Morgan fingerprint density at radius 1 is 1.14 bits per heavy atom. The molecule has 0 aliphatic carbocycles. The van der Waals surface area contributed by atoms with E-state index in [1.54, 1.807) is 0 Å². The van der Waals surface area contributed by atoms with Crippen molar-refractivity contribution in [2.75, 3.05) is 32.7 Å². The van der Waals surface area contributed by atoms with E-state index >= 15 is 0 Å². The summed E-state index contributed by atoms with van der Waals surface area (Å²) < 4.78 is 0. The van der Waals surface area contributed by atoms with Gasteiger partial charge in [-0.15, -0.1) is 0 Å². The van der Waals surface area contributed by atoms with Gasteiger partial charge in [0.1, 0.15) is 0 Å². The van der Waals surface area contributed by atoms with Crippen LogP contribution in [-0.4, -0.2) is 54.0 Å². The predicted molar refractivity (Wildman–Crippen MR) is 86.4 cm³/mol. The van der Waals surface area contributed by atoms with Crippen LogP contribution in [0.5, 0.6) is 0 Å². The average molecular weight is 289 g/mol. The smallest absolute Gasteiger partial charge is 0.254 e. The van der Waals surface area contributed by atoms with E-state index in [2.05, 4.69) is 25.7 Å². The third-order valence-electron chi connectivity index (χ3n) is 4.18. The van der Waals surface area contributed by atoms with Gasteiger partial charge in [-0.1, -0.05) is 18.2 Å². The van der Waals surface area contributed by atoms with Gasteiger partial charge in [0.15, 0.2) is 0 Å². The van der Waals surface area contributed by atoms with Gasteiger partial charge in [0.25, 0.3) is 5.91 Å². The first-order valence-corrected chi connectivity index (χ1v) is 7.76. The third-order valence-corrected chi connectivity index (χ3v) is 4.18. The molecular formula is C17H27N3O. The Labute approximate surface area is 127 Å². The van der Waals surface area contributed by atoms with Gasteiger partial charge in [-0.3, -0.25) is 9.69 Å². The number of hydrogen-bond donors (Lipinski definition) is 1. The maximum absolute atomic E-state index is 12.7. The molecule has 4 nitrogen and oxygen atoms in total. The highest BCUT2D eigenvalue weighted by atomic mass is 16.2. The lowest BCUT2D eigenvalue weighted by Crippen LogP contribution is -2.54. The summed E-state index contributed by atoms with van der Waals surface area (Å²) in [6.45, 7) is 10.7. The Hall–Kier alpha value is -1.39. The summed E-state index contributed by atoms with van der Waals surface area (Å²) in [7, 11) is 0. The van der Waals surface area contributed by atoms with Gasteiger partial charge in [0.05, 0.1) is 0 Å². The van der Waals surface area contributed by atoms with Crippen LogP contribution in [0.1, 0.15) is 36.7 Å². The Morgan fingerprint density at radius 3 is 2.33 bits per heavy atom. The van der Waals surface area contributed by atoms with E-state index in [4.69, 9.17) is 5.73 Å². The number of rotatable bonds is 3. The van der Waals surface area contributed by atoms with Crippen LogP contribution in [0.25, 0.3) is 0 Å². The highest BCUT2D eigenvalue weighted by molar-refractivity contribution is 5.95. The van der Waals surface area contributed by atoms with Crippen LogP contribution in [0.2, 0.25) is 0 Å². The number of piperazine rings is 1. The monoisotopic (exact) mass is 289 g/mol. The Balaban J connectivity index is 2.06. The molecule has 0 radical (unpaired) electrons. The first-order chi connectivity index (χ1) is 9.93. The highest BCUT2D eigenvalue weighted by Gasteiger charge is 2.28. The van der Waals surface area contributed by atoms with Crippen molar-refractivity contribution in [2.45, 2.75) is 32.7 Å². The normalized spacial score (nSPS) is 17.0. The van der Waals surface area contributed by atoms with Gasteiger partial charge in [0, 0.05) is 37.3 Å². The molecule has 1 fully saturated rings. The average Bonchev–Trinajstić information content (AvgIpc) is 2.47. The van der Waals surface area contributed by atoms with Crippen molar-refractivity contribution in [2.24, 2.45) is 5.73 Å². The van der Waals surface area contributed by atoms with Crippen molar-refractivity contribution in [3.8, 4) is 0 Å². The summed E-state index contributed by atoms with van der Waals surface area (Å²) in [4.78, 5) is 17.1. The van der Waals surface area contributed by atoms with Crippen LogP contribution >= 0.6 is 0 Å². The second-order valence-electron chi connectivity index (χ2n) is 6.65. The summed E-state index contributed by atoms with van der Waals surface area (Å²) in [6, 6.07) is 7.83. The van der Waals surface area contributed by atoms with Gasteiger partial charge < -0.3 is 10.6 Å². The number of amides is 1. The lowest BCUT2D eigenvalue weighted by molar-refractivity contribution is 0.0450. The molecule has 21 heavy (non-hydrogen) atoms. The molecule has 116 valence electrons. The Bertz CT molecular complexity index is 485. The zero-order valence-corrected chi connectivity index (χ0v) is 13.4. The summed E-state index contributed by atoms with van der Waals surface area (Å²) in [5, 5.41) is 0. The number of hydrogen-bond acceptors (Lipinski definition) is 3. The van der Waals surface area contributed by atoms with Crippen LogP contribution in [0.3, 0.4) is 0 Å². The van der Waals surface area contributed by atoms with Crippen LogP contribution in [0, 0.1) is 0 Å². The van der Waals surface area contributed by atoms with Crippen LogP contribution in [0.4, 0.5) is 0 Å². The van der Waals surface area contributed by atoms with Crippen molar-refractivity contribution in [3.63, 3.8) is 0 Å². The Kier molecular flexibility index (Phi) is 5.01. The molecular weight excluding hydrogens is 262 g/mol. The van der Waals surface area contributed by atoms with E-state index in [0.29, 0.717) is 6.54 Å².